The van der Waals surface area contributed by atoms with Crippen molar-refractivity contribution in [2.24, 2.45) is 0 Å². The van der Waals surface area contributed by atoms with Gasteiger partial charge in [-0.2, -0.15) is 0 Å². The highest BCUT2D eigenvalue weighted by atomic mass is 32.1. The number of hydrogen-bond acceptors (Lipinski definition) is 8. The number of hydrogen-bond donors (Lipinski definition) is 1. The molecule has 1 N–H and O–H groups in total. The summed E-state index contributed by atoms with van der Waals surface area (Å²) < 4.78 is 46.7. The Morgan fingerprint density at radius 2 is 2.03 bits per heavy atom. The third kappa shape index (κ3) is 4.43. The number of carbonyl (C=O) groups is 1. The molecule has 4 aromatic heterocycles. The predicted octanol–water partition coefficient (Wildman–Crippen LogP) is 3.48. The van der Waals surface area contributed by atoms with Crippen LogP contribution in [-0.2, 0) is 0 Å². The minimum absolute atomic E-state index is 0.0388. The molecule has 168 valence electrons. The van der Waals surface area contributed by atoms with E-state index in [9.17, 15) is 22.8 Å². The van der Waals surface area contributed by atoms with Gasteiger partial charge in [0.1, 0.15) is 22.8 Å². The summed E-state index contributed by atoms with van der Waals surface area (Å²) in [5, 5.41) is 10.1. The van der Waals surface area contributed by atoms with Crippen molar-refractivity contribution in [1.82, 2.24) is 24.7 Å². The van der Waals surface area contributed by atoms with Crippen molar-refractivity contribution in [2.45, 2.75) is 6.43 Å². The third-order valence-electron chi connectivity index (χ3n) is 4.48. The normalized spacial score (nSPS) is 10.9. The zero-order valence-electron chi connectivity index (χ0n) is 16.7. The van der Waals surface area contributed by atoms with Gasteiger partial charge in [0.05, 0.1) is 18.9 Å². The van der Waals surface area contributed by atoms with E-state index in [1.165, 1.54) is 30.9 Å². The number of pyridine rings is 3. The summed E-state index contributed by atoms with van der Waals surface area (Å²) in [5.74, 6) is -1.63. The molecule has 4 aromatic rings. The summed E-state index contributed by atoms with van der Waals surface area (Å²) in [6, 6.07) is 4.65. The van der Waals surface area contributed by atoms with Crippen LogP contribution in [0.1, 0.15) is 22.5 Å². The van der Waals surface area contributed by atoms with Gasteiger partial charge in [0, 0.05) is 23.5 Å². The number of rotatable bonds is 6. The summed E-state index contributed by atoms with van der Waals surface area (Å²) in [6.07, 6.45) is 0.630. The highest BCUT2D eigenvalue weighted by Gasteiger charge is 2.22. The second kappa shape index (κ2) is 9.16. The van der Waals surface area contributed by atoms with Gasteiger partial charge in [0.2, 0.25) is 5.13 Å². The predicted molar refractivity (Wildman–Crippen MR) is 112 cm³/mol. The minimum Gasteiger partial charge on any atom is -0.494 e. The van der Waals surface area contributed by atoms with E-state index < -0.39 is 29.4 Å². The van der Waals surface area contributed by atoms with Gasteiger partial charge in [0.25, 0.3) is 17.9 Å². The van der Waals surface area contributed by atoms with Crippen LogP contribution >= 0.6 is 11.3 Å². The molecule has 4 heterocycles. The van der Waals surface area contributed by atoms with Crippen molar-refractivity contribution >= 4 is 22.4 Å². The van der Waals surface area contributed by atoms with Gasteiger partial charge >= 0.3 is 0 Å². The summed E-state index contributed by atoms with van der Waals surface area (Å²) in [4.78, 5) is 32.9. The maximum absolute atomic E-state index is 13.8. The average Bonchev–Trinajstić information content (AvgIpc) is 3.33. The fourth-order valence-electron chi connectivity index (χ4n) is 2.97. The van der Waals surface area contributed by atoms with Crippen LogP contribution in [0.2, 0.25) is 0 Å². The van der Waals surface area contributed by atoms with Crippen molar-refractivity contribution in [1.29, 1.82) is 0 Å². The van der Waals surface area contributed by atoms with E-state index in [4.69, 9.17) is 4.74 Å². The van der Waals surface area contributed by atoms with Crippen LogP contribution in [0.15, 0.2) is 53.2 Å². The number of alkyl halides is 2. The Morgan fingerprint density at radius 1 is 1.21 bits per heavy atom. The van der Waals surface area contributed by atoms with Crippen LogP contribution < -0.4 is 15.6 Å². The number of anilines is 1. The molecule has 9 nitrogen and oxygen atoms in total. The van der Waals surface area contributed by atoms with Gasteiger partial charge < -0.3 is 4.74 Å². The van der Waals surface area contributed by atoms with Gasteiger partial charge in [-0.1, -0.05) is 11.3 Å². The molecule has 0 aliphatic rings. The van der Waals surface area contributed by atoms with Crippen LogP contribution in [-0.4, -0.2) is 37.7 Å². The van der Waals surface area contributed by atoms with Crippen molar-refractivity contribution in [3.8, 4) is 22.7 Å². The van der Waals surface area contributed by atoms with Crippen LogP contribution in [0.4, 0.5) is 18.3 Å². The highest BCUT2D eigenvalue weighted by Crippen LogP contribution is 2.35. The number of ether oxygens (including phenoxy) is 1. The zero-order valence-corrected chi connectivity index (χ0v) is 17.5. The van der Waals surface area contributed by atoms with Crippen molar-refractivity contribution < 1.29 is 22.7 Å². The lowest BCUT2D eigenvalue weighted by atomic mass is 10.00. The van der Waals surface area contributed by atoms with E-state index in [1.54, 1.807) is 0 Å². The molecule has 0 saturated carbocycles. The molecule has 0 saturated heterocycles. The maximum Gasteiger partial charge on any atom is 0.292 e. The fraction of sp³-hybridized carbons (Fsp3) is 0.100. The first-order chi connectivity index (χ1) is 15.9. The Labute approximate surface area is 187 Å². The smallest absolute Gasteiger partial charge is 0.292 e. The summed E-state index contributed by atoms with van der Waals surface area (Å²) in [5.41, 5.74) is 0.0370. The summed E-state index contributed by atoms with van der Waals surface area (Å²) in [6.45, 7) is 0. The Morgan fingerprint density at radius 3 is 2.73 bits per heavy atom. The molecule has 33 heavy (non-hydrogen) atoms. The molecule has 0 radical (unpaired) electrons. The number of amides is 1. The molecular weight excluding hydrogens is 461 g/mol. The lowest BCUT2D eigenvalue weighted by molar-refractivity contribution is 0.102. The highest BCUT2D eigenvalue weighted by molar-refractivity contribution is 7.13. The third-order valence-corrected chi connectivity index (χ3v) is 5.09. The van der Waals surface area contributed by atoms with Crippen LogP contribution in [0.25, 0.3) is 16.9 Å². The SMILES string of the molecule is COc1cnc(C(F)F)cc1-c1cc(-n2cccc(F)c2=O)ncc1C(=O)Nc1nncs1. The quantitative estimate of drug-likeness (QED) is 0.455. The first-order valence-electron chi connectivity index (χ1n) is 9.16. The zero-order chi connectivity index (χ0) is 23.5. The minimum atomic E-state index is -2.89. The summed E-state index contributed by atoms with van der Waals surface area (Å²) in [7, 11) is 1.31. The molecule has 0 atom stereocenters. The standard InChI is InChI=1S/C20H13F3N6O3S/c1-32-15-8-24-14(17(22)23)5-11(15)10-6-16(29-4-2-3-13(21)19(29)31)25-7-12(10)18(30)27-20-28-26-9-33-20/h2-9,17H,1H3,(H,27,28,30). The topological polar surface area (TPSA) is 112 Å². The van der Waals surface area contributed by atoms with Crippen LogP contribution in [0, 0.1) is 5.82 Å². The molecule has 0 aliphatic carbocycles. The molecule has 0 aromatic carbocycles. The molecule has 0 spiro atoms. The van der Waals surface area contributed by atoms with Gasteiger partial charge in [-0.05, 0) is 24.3 Å². The number of aromatic nitrogens is 5. The van der Waals surface area contributed by atoms with Gasteiger partial charge in [-0.3, -0.25) is 24.5 Å². The number of nitrogens with one attached hydrogen (secondary N) is 1. The van der Waals surface area contributed by atoms with E-state index in [0.29, 0.717) is 0 Å². The number of carbonyl (C=O) groups excluding carboxylic acids is 1. The molecule has 0 unspecified atom stereocenters. The molecule has 1 amide bonds. The van der Waals surface area contributed by atoms with E-state index in [-0.39, 0.29) is 33.4 Å². The van der Waals surface area contributed by atoms with Gasteiger partial charge in [-0.25, -0.2) is 18.2 Å². The lowest BCUT2D eigenvalue weighted by Crippen LogP contribution is -2.22. The second-order valence-corrected chi connectivity index (χ2v) is 7.26. The molecule has 13 heteroatoms. The molecule has 0 fully saturated rings. The van der Waals surface area contributed by atoms with Crippen molar-refractivity contribution in [3.05, 3.63) is 75.8 Å². The first-order valence-corrected chi connectivity index (χ1v) is 10.0. The second-order valence-electron chi connectivity index (χ2n) is 6.43. The maximum atomic E-state index is 13.8. The number of methoxy groups -OCH3 is 1. The molecule has 4 rings (SSSR count). The Kier molecular flexibility index (Phi) is 6.13. The number of nitrogens with zero attached hydrogens (tertiary/aromatic N) is 5. The van der Waals surface area contributed by atoms with Crippen molar-refractivity contribution in [2.75, 3.05) is 12.4 Å². The van der Waals surface area contributed by atoms with Crippen molar-refractivity contribution in [3.63, 3.8) is 0 Å². The molecule has 0 aliphatic heterocycles. The Bertz CT molecular complexity index is 1380. The van der Waals surface area contributed by atoms with E-state index in [0.717, 1.165) is 40.4 Å². The monoisotopic (exact) mass is 474 g/mol. The van der Waals surface area contributed by atoms with E-state index in [2.05, 4.69) is 25.5 Å². The Hall–Kier alpha value is -4.13. The fourth-order valence-corrected chi connectivity index (χ4v) is 3.41. The largest absolute Gasteiger partial charge is 0.494 e. The van der Waals surface area contributed by atoms with E-state index in [1.807, 2.05) is 0 Å². The van der Waals surface area contributed by atoms with Gasteiger partial charge in [0.15, 0.2) is 5.82 Å². The lowest BCUT2D eigenvalue weighted by Gasteiger charge is -2.15. The van der Waals surface area contributed by atoms with Crippen LogP contribution in [0.3, 0.4) is 0 Å². The first kappa shape index (κ1) is 22.1. The summed E-state index contributed by atoms with van der Waals surface area (Å²) >= 11 is 1.07. The van der Waals surface area contributed by atoms with Crippen LogP contribution in [0.5, 0.6) is 5.75 Å². The molecular formula is C20H13F3N6O3S. The van der Waals surface area contributed by atoms with E-state index >= 15 is 0 Å². The van der Waals surface area contributed by atoms with Gasteiger partial charge in [-0.15, -0.1) is 10.2 Å². The average molecular weight is 474 g/mol. The Balaban J connectivity index is 1.93. The number of halogens is 3. The molecule has 0 bridgehead atoms.